The molecular weight excluding hydrogens is 416 g/mol. The predicted octanol–water partition coefficient (Wildman–Crippen LogP) is 4.43. The fourth-order valence-corrected chi connectivity index (χ4v) is 4.24. The Morgan fingerprint density at radius 2 is 1.39 bits per heavy atom. The number of carbonyl (C=O) groups is 1. The predicted molar refractivity (Wildman–Crippen MR) is 125 cm³/mol. The largest absolute Gasteiger partial charge is 0.547 e. The molecule has 4 rings (SSSR count). The third-order valence-corrected chi connectivity index (χ3v) is 6.04. The Morgan fingerprint density at radius 1 is 0.848 bits per heavy atom. The Bertz CT molecular complexity index is 1010. The molecule has 0 bridgehead atoms. The van der Waals surface area contributed by atoms with E-state index in [9.17, 15) is 9.90 Å². The first kappa shape index (κ1) is 22.9. The Hall–Kier alpha value is -3.31. The van der Waals surface area contributed by atoms with Crippen molar-refractivity contribution in [1.82, 2.24) is 0 Å². The highest BCUT2D eigenvalue weighted by molar-refractivity contribution is 5.70. The molecule has 0 saturated heterocycles. The van der Waals surface area contributed by atoms with Gasteiger partial charge in [-0.15, -0.1) is 0 Å². The van der Waals surface area contributed by atoms with E-state index < -0.39 is 12.1 Å². The van der Waals surface area contributed by atoms with Crippen LogP contribution in [0.3, 0.4) is 0 Å². The van der Waals surface area contributed by atoms with E-state index in [2.05, 4.69) is 24.3 Å². The van der Waals surface area contributed by atoms with Crippen LogP contribution in [0.2, 0.25) is 0 Å². The van der Waals surface area contributed by atoms with Crippen molar-refractivity contribution in [3.05, 3.63) is 84.4 Å². The van der Waals surface area contributed by atoms with Gasteiger partial charge in [0.05, 0.1) is 5.97 Å². The van der Waals surface area contributed by atoms with E-state index in [-0.39, 0.29) is 18.6 Å². The normalized spacial score (nSPS) is 18.9. The molecule has 3 aromatic rings. The lowest BCUT2D eigenvalue weighted by Crippen LogP contribution is -2.38. The van der Waals surface area contributed by atoms with Gasteiger partial charge >= 0.3 is 0 Å². The highest BCUT2D eigenvalue weighted by atomic mass is 16.5. The van der Waals surface area contributed by atoms with Crippen molar-refractivity contribution in [3.63, 3.8) is 0 Å². The third-order valence-electron chi connectivity index (χ3n) is 6.04. The molecule has 0 amide bonds. The summed E-state index contributed by atoms with van der Waals surface area (Å²) in [4.78, 5) is 11.0. The van der Waals surface area contributed by atoms with Crippen LogP contribution in [0.5, 0.6) is 11.5 Å². The highest BCUT2D eigenvalue weighted by Crippen LogP contribution is 2.29. The topological polar surface area (TPSA) is 67.8 Å². The van der Waals surface area contributed by atoms with Crippen molar-refractivity contribution >= 4 is 5.97 Å². The van der Waals surface area contributed by atoms with Crippen molar-refractivity contribution < 1.29 is 24.1 Å². The molecule has 33 heavy (non-hydrogen) atoms. The van der Waals surface area contributed by atoms with E-state index in [4.69, 9.17) is 14.2 Å². The monoisotopic (exact) mass is 445 g/mol. The molecule has 3 aromatic carbocycles. The van der Waals surface area contributed by atoms with Crippen molar-refractivity contribution in [1.29, 1.82) is 0 Å². The van der Waals surface area contributed by atoms with Gasteiger partial charge in [-0.05, 0) is 60.2 Å². The summed E-state index contributed by atoms with van der Waals surface area (Å²) in [5.41, 5.74) is 3.23. The van der Waals surface area contributed by atoms with E-state index >= 15 is 0 Å². The molecule has 3 atom stereocenters. The van der Waals surface area contributed by atoms with Crippen LogP contribution in [0, 0.1) is 0 Å². The summed E-state index contributed by atoms with van der Waals surface area (Å²) in [7, 11) is 1.37. The molecule has 5 nitrogen and oxygen atoms in total. The zero-order valence-corrected chi connectivity index (χ0v) is 18.8. The number of benzene rings is 3. The molecule has 0 aliphatic heterocycles. The third kappa shape index (κ3) is 6.36. The van der Waals surface area contributed by atoms with Crippen LogP contribution in [-0.2, 0) is 16.0 Å². The van der Waals surface area contributed by atoms with Gasteiger partial charge in [-0.25, -0.2) is 0 Å². The lowest BCUT2D eigenvalue weighted by molar-refractivity contribution is -0.315. The van der Waals surface area contributed by atoms with Crippen molar-refractivity contribution in [2.24, 2.45) is 0 Å². The zero-order valence-electron chi connectivity index (χ0n) is 18.8. The zero-order chi connectivity index (χ0) is 23.0. The molecular formula is C28H29O5-. The maximum absolute atomic E-state index is 11.0. The van der Waals surface area contributed by atoms with E-state index in [1.54, 1.807) is 0 Å². The number of hydrogen-bond acceptors (Lipinski definition) is 5. The molecule has 1 aliphatic carbocycles. The van der Waals surface area contributed by atoms with Gasteiger partial charge < -0.3 is 24.1 Å². The van der Waals surface area contributed by atoms with E-state index in [0.717, 1.165) is 42.7 Å². The van der Waals surface area contributed by atoms with Crippen LogP contribution in [0.1, 0.15) is 31.2 Å². The second-order valence-electron chi connectivity index (χ2n) is 8.43. The number of ether oxygens (including phenoxy) is 3. The van der Waals surface area contributed by atoms with Crippen LogP contribution in [-0.4, -0.2) is 31.4 Å². The van der Waals surface area contributed by atoms with Crippen LogP contribution < -0.4 is 14.6 Å². The number of aliphatic carboxylic acids is 1. The number of hydrogen-bond donors (Lipinski definition) is 0. The van der Waals surface area contributed by atoms with Gasteiger partial charge in [-0.2, -0.15) is 0 Å². The molecule has 0 spiro atoms. The minimum atomic E-state index is -1.21. The molecule has 0 heterocycles. The minimum absolute atomic E-state index is 0.0909. The lowest BCUT2D eigenvalue weighted by atomic mass is 9.94. The van der Waals surface area contributed by atoms with Gasteiger partial charge in [0, 0.05) is 20.0 Å². The van der Waals surface area contributed by atoms with Crippen LogP contribution in [0.15, 0.2) is 78.9 Å². The second-order valence-corrected chi connectivity index (χ2v) is 8.43. The molecule has 0 N–H and O–H groups in total. The molecule has 1 aliphatic rings. The molecule has 172 valence electrons. The second kappa shape index (κ2) is 11.0. The smallest absolute Gasteiger partial charge is 0.119 e. The summed E-state index contributed by atoms with van der Waals surface area (Å²) in [5.74, 6) is 0.449. The summed E-state index contributed by atoms with van der Waals surface area (Å²) in [6.45, 7) is 0. The summed E-state index contributed by atoms with van der Waals surface area (Å²) < 4.78 is 17.4. The lowest BCUT2D eigenvalue weighted by Gasteiger charge is -2.30. The summed E-state index contributed by atoms with van der Waals surface area (Å²) in [6.07, 6.45) is 3.42. The average molecular weight is 446 g/mol. The molecule has 1 fully saturated rings. The average Bonchev–Trinajstić information content (AvgIpc) is 2.84. The molecule has 1 unspecified atom stereocenters. The fourth-order valence-electron chi connectivity index (χ4n) is 4.24. The minimum Gasteiger partial charge on any atom is -0.547 e. The summed E-state index contributed by atoms with van der Waals surface area (Å²) >= 11 is 0. The Morgan fingerprint density at radius 3 is 1.94 bits per heavy atom. The quantitative estimate of drug-likeness (QED) is 0.487. The first-order valence-corrected chi connectivity index (χ1v) is 11.4. The fraction of sp³-hybridized carbons (Fsp3) is 0.321. The van der Waals surface area contributed by atoms with Crippen LogP contribution >= 0.6 is 0 Å². The van der Waals surface area contributed by atoms with Gasteiger partial charge in [0.25, 0.3) is 0 Å². The molecule has 0 radical (unpaired) electrons. The van der Waals surface area contributed by atoms with Crippen molar-refractivity contribution in [2.75, 3.05) is 7.11 Å². The highest BCUT2D eigenvalue weighted by Gasteiger charge is 2.25. The van der Waals surface area contributed by atoms with E-state index in [0.29, 0.717) is 0 Å². The number of rotatable bonds is 9. The first-order valence-electron chi connectivity index (χ1n) is 11.4. The van der Waals surface area contributed by atoms with Crippen molar-refractivity contribution in [3.8, 4) is 22.6 Å². The first-order chi connectivity index (χ1) is 16.1. The standard InChI is InChI=1S/C28H30O5/c1-31-27(28(29)30)18-20-10-14-23(15-11-20)32-25-8-5-9-26(19-25)33-24-16-12-22(13-17-24)21-6-3-2-4-7-21/h2-4,6-7,10-17,25-27H,5,8-9,18-19H2,1H3,(H,29,30)/p-1/t25-,26?,27+/m1/s1. The van der Waals surface area contributed by atoms with Crippen molar-refractivity contribution in [2.45, 2.75) is 50.4 Å². The van der Waals surface area contributed by atoms with E-state index in [1.165, 1.54) is 18.2 Å². The van der Waals surface area contributed by atoms with Gasteiger partial charge in [0.1, 0.15) is 29.8 Å². The SMILES string of the molecule is CO[C@@H](Cc1ccc(O[C@@H]2CCCC(Oc3ccc(-c4ccccc4)cc3)C2)cc1)C(=O)[O-]. The Kier molecular flexibility index (Phi) is 7.63. The van der Waals surface area contributed by atoms with Gasteiger partial charge in [0.2, 0.25) is 0 Å². The number of methoxy groups -OCH3 is 1. The molecule has 0 aromatic heterocycles. The number of carboxylic acid groups (broad SMARTS) is 1. The van der Waals surface area contributed by atoms with E-state index in [1.807, 2.05) is 54.6 Å². The molecule has 1 saturated carbocycles. The maximum atomic E-state index is 11.0. The molecule has 5 heteroatoms. The van der Waals surface area contributed by atoms with Gasteiger partial charge in [0.15, 0.2) is 0 Å². The van der Waals surface area contributed by atoms with Gasteiger partial charge in [-0.3, -0.25) is 0 Å². The maximum Gasteiger partial charge on any atom is 0.119 e. The Balaban J connectivity index is 1.30. The number of carboxylic acids is 1. The van der Waals surface area contributed by atoms with Crippen LogP contribution in [0.25, 0.3) is 11.1 Å². The Labute approximate surface area is 194 Å². The summed E-state index contributed by atoms with van der Waals surface area (Å²) in [6, 6.07) is 26.1. The van der Waals surface area contributed by atoms with Crippen LogP contribution in [0.4, 0.5) is 0 Å². The van der Waals surface area contributed by atoms with Gasteiger partial charge in [-0.1, -0.05) is 54.6 Å². The number of carbonyl (C=O) groups excluding carboxylic acids is 1. The summed E-state index contributed by atoms with van der Waals surface area (Å²) in [5, 5.41) is 11.0.